The van der Waals surface area contributed by atoms with E-state index in [1.807, 2.05) is 0 Å². The van der Waals surface area contributed by atoms with Gasteiger partial charge in [0.1, 0.15) is 23.9 Å². The van der Waals surface area contributed by atoms with Crippen molar-refractivity contribution in [2.75, 3.05) is 6.61 Å². The van der Waals surface area contributed by atoms with Crippen molar-refractivity contribution in [2.24, 2.45) is 0 Å². The lowest BCUT2D eigenvalue weighted by Gasteiger charge is -2.12. The maximum atomic E-state index is 13.3. The topological polar surface area (TPSA) is 90.7 Å². The largest absolute Gasteiger partial charge is 0.586 e. The Hall–Kier alpha value is -3.55. The predicted molar refractivity (Wildman–Crippen MR) is 86.8 cm³/mol. The summed E-state index contributed by atoms with van der Waals surface area (Å²) >= 11 is 0. The average molecular weight is 412 g/mol. The van der Waals surface area contributed by atoms with Crippen LogP contribution in [0.15, 0.2) is 24.3 Å². The molecule has 1 aliphatic heterocycles. The van der Waals surface area contributed by atoms with Crippen LogP contribution in [0.1, 0.15) is 40.5 Å². The summed E-state index contributed by atoms with van der Waals surface area (Å²) in [5.74, 6) is -1.89. The van der Waals surface area contributed by atoms with E-state index in [4.69, 9.17) is 9.47 Å². The normalized spacial score (nSPS) is 13.8. The molecular formula is C18H12F4N2O5. The summed E-state index contributed by atoms with van der Waals surface area (Å²) in [4.78, 5) is 15.4. The number of pyridine rings is 1. The summed E-state index contributed by atoms with van der Waals surface area (Å²) in [5, 5.41) is 9.24. The molecule has 0 bridgehead atoms. The number of rotatable bonds is 6. The van der Waals surface area contributed by atoms with E-state index in [-0.39, 0.29) is 30.3 Å². The van der Waals surface area contributed by atoms with Crippen LogP contribution in [-0.2, 0) is 11.3 Å². The lowest BCUT2D eigenvalue weighted by atomic mass is 10.1. The molecule has 1 aromatic carbocycles. The number of fused-ring (bicyclic) bond motifs is 1. The second-order valence-electron chi connectivity index (χ2n) is 5.64. The third-order valence-corrected chi connectivity index (χ3v) is 3.68. The number of ether oxygens (including phenoxy) is 4. The van der Waals surface area contributed by atoms with Gasteiger partial charge in [-0.2, -0.15) is 5.26 Å². The lowest BCUT2D eigenvalue weighted by Crippen LogP contribution is -2.25. The maximum Gasteiger partial charge on any atom is 0.586 e. The molecule has 2 heterocycles. The smallest absolute Gasteiger partial charge is 0.472 e. The minimum Gasteiger partial charge on any atom is -0.472 e. The van der Waals surface area contributed by atoms with Gasteiger partial charge in [0.2, 0.25) is 5.88 Å². The van der Waals surface area contributed by atoms with Crippen LogP contribution in [-0.4, -0.2) is 23.9 Å². The van der Waals surface area contributed by atoms with Gasteiger partial charge in [-0.25, -0.2) is 18.6 Å². The van der Waals surface area contributed by atoms with Crippen molar-refractivity contribution in [1.29, 1.82) is 5.26 Å². The highest BCUT2D eigenvalue weighted by molar-refractivity contribution is 5.91. The molecule has 0 amide bonds. The number of nitriles is 1. The van der Waals surface area contributed by atoms with E-state index in [9.17, 15) is 27.6 Å². The Kier molecular flexibility index (Phi) is 5.45. The molecular weight excluding hydrogens is 400 g/mol. The first-order chi connectivity index (χ1) is 13.7. The molecule has 152 valence electrons. The molecule has 11 heteroatoms. The molecule has 0 spiro atoms. The van der Waals surface area contributed by atoms with Crippen LogP contribution in [0.5, 0.6) is 17.4 Å². The number of halogens is 4. The molecule has 1 aromatic heterocycles. The van der Waals surface area contributed by atoms with Crippen molar-refractivity contribution in [3.8, 4) is 23.4 Å². The minimum atomic E-state index is -3.79. The van der Waals surface area contributed by atoms with Gasteiger partial charge in [-0.15, -0.1) is 8.78 Å². The number of carbonyl (C=O) groups is 1. The first-order valence-corrected chi connectivity index (χ1v) is 8.16. The molecule has 0 saturated heterocycles. The van der Waals surface area contributed by atoms with Crippen molar-refractivity contribution < 1.29 is 41.3 Å². The van der Waals surface area contributed by atoms with Gasteiger partial charge in [-0.3, -0.25) is 0 Å². The first-order valence-electron chi connectivity index (χ1n) is 8.16. The van der Waals surface area contributed by atoms with Crippen LogP contribution in [0, 0.1) is 11.3 Å². The fourth-order valence-electron chi connectivity index (χ4n) is 2.47. The molecule has 0 N–H and O–H groups in total. The SMILES string of the molecule is CCOC(=O)c1cc(C#N)c(OCc2ccc3c(c2)OC(F)(F)O3)nc1C(F)F. The zero-order valence-corrected chi connectivity index (χ0v) is 14.7. The molecule has 2 aromatic rings. The van der Waals surface area contributed by atoms with Crippen LogP contribution in [0.2, 0.25) is 0 Å². The number of benzene rings is 1. The zero-order valence-electron chi connectivity index (χ0n) is 14.7. The van der Waals surface area contributed by atoms with Crippen LogP contribution in [0.25, 0.3) is 0 Å². The minimum absolute atomic E-state index is 0.0508. The Labute approximate surface area is 161 Å². The van der Waals surface area contributed by atoms with Crippen LogP contribution in [0.4, 0.5) is 17.6 Å². The highest BCUT2D eigenvalue weighted by atomic mass is 19.3. The highest BCUT2D eigenvalue weighted by Gasteiger charge is 2.43. The molecule has 7 nitrogen and oxygen atoms in total. The Morgan fingerprint density at radius 2 is 2.00 bits per heavy atom. The number of aromatic nitrogens is 1. The Bertz CT molecular complexity index is 991. The predicted octanol–water partition coefficient (Wildman–Crippen LogP) is 3.97. The van der Waals surface area contributed by atoms with Gasteiger partial charge in [0.25, 0.3) is 6.43 Å². The maximum absolute atomic E-state index is 13.3. The van der Waals surface area contributed by atoms with Crippen LogP contribution in [0.3, 0.4) is 0 Å². The Morgan fingerprint density at radius 1 is 1.28 bits per heavy atom. The van der Waals surface area contributed by atoms with E-state index >= 15 is 0 Å². The van der Waals surface area contributed by atoms with Crippen molar-refractivity contribution >= 4 is 5.97 Å². The molecule has 0 atom stereocenters. The van der Waals surface area contributed by atoms with E-state index in [0.29, 0.717) is 5.56 Å². The number of alkyl halides is 4. The second-order valence-corrected chi connectivity index (χ2v) is 5.64. The van der Waals surface area contributed by atoms with Crippen molar-refractivity contribution in [2.45, 2.75) is 26.3 Å². The summed E-state index contributed by atoms with van der Waals surface area (Å²) in [6.45, 7) is 1.15. The van der Waals surface area contributed by atoms with Gasteiger partial charge >= 0.3 is 12.3 Å². The van der Waals surface area contributed by atoms with Gasteiger partial charge in [0.15, 0.2) is 11.5 Å². The van der Waals surface area contributed by atoms with Crippen molar-refractivity contribution in [3.05, 3.63) is 46.6 Å². The molecule has 1 aliphatic rings. The number of carbonyl (C=O) groups excluding carboxylic acids is 1. The van der Waals surface area contributed by atoms with Crippen molar-refractivity contribution in [3.63, 3.8) is 0 Å². The van der Waals surface area contributed by atoms with E-state index in [1.165, 1.54) is 25.1 Å². The number of nitrogens with zero attached hydrogens (tertiary/aromatic N) is 2. The molecule has 29 heavy (non-hydrogen) atoms. The zero-order chi connectivity index (χ0) is 21.2. The monoisotopic (exact) mass is 412 g/mol. The van der Waals surface area contributed by atoms with Gasteiger partial charge in [0, 0.05) is 0 Å². The van der Waals surface area contributed by atoms with Crippen LogP contribution >= 0.6 is 0 Å². The van der Waals surface area contributed by atoms with E-state index in [0.717, 1.165) is 6.07 Å². The standard InChI is InChI=1S/C18H12F4N2O5/c1-2-26-17(25)11-6-10(7-23)16(24-14(11)15(19)20)27-8-9-3-4-12-13(5-9)29-18(21,22)28-12/h3-6,15H,2,8H2,1H3. The molecule has 0 fully saturated rings. The van der Waals surface area contributed by atoms with Crippen molar-refractivity contribution in [1.82, 2.24) is 4.98 Å². The van der Waals surface area contributed by atoms with Gasteiger partial charge < -0.3 is 18.9 Å². The Balaban J connectivity index is 1.85. The fourth-order valence-corrected chi connectivity index (χ4v) is 2.47. The summed E-state index contributed by atoms with van der Waals surface area (Å²) in [7, 11) is 0. The third kappa shape index (κ3) is 4.31. The van der Waals surface area contributed by atoms with E-state index < -0.39 is 35.8 Å². The lowest BCUT2D eigenvalue weighted by molar-refractivity contribution is -0.286. The highest BCUT2D eigenvalue weighted by Crippen LogP contribution is 2.41. The molecule has 0 saturated carbocycles. The molecule has 0 aliphatic carbocycles. The average Bonchev–Trinajstić information content (AvgIpc) is 2.98. The quantitative estimate of drug-likeness (QED) is 0.524. The van der Waals surface area contributed by atoms with Gasteiger partial charge in [-0.1, -0.05) is 6.07 Å². The number of hydrogen-bond donors (Lipinski definition) is 0. The van der Waals surface area contributed by atoms with Gasteiger partial charge in [0.05, 0.1) is 12.2 Å². The fraction of sp³-hybridized carbons (Fsp3) is 0.278. The summed E-state index contributed by atoms with van der Waals surface area (Å²) < 4.78 is 71.4. The summed E-state index contributed by atoms with van der Waals surface area (Å²) in [6.07, 6.45) is -6.91. The van der Waals surface area contributed by atoms with Gasteiger partial charge in [-0.05, 0) is 30.7 Å². The Morgan fingerprint density at radius 3 is 2.66 bits per heavy atom. The van der Waals surface area contributed by atoms with Crippen LogP contribution < -0.4 is 14.2 Å². The second kappa shape index (κ2) is 7.83. The number of esters is 1. The molecule has 0 unspecified atom stereocenters. The summed E-state index contributed by atoms with van der Waals surface area (Å²) in [6, 6.07) is 6.43. The molecule has 3 rings (SSSR count). The summed E-state index contributed by atoms with van der Waals surface area (Å²) in [5.41, 5.74) is -1.40. The van der Waals surface area contributed by atoms with E-state index in [2.05, 4.69) is 14.5 Å². The molecule has 0 radical (unpaired) electrons. The van der Waals surface area contributed by atoms with E-state index in [1.54, 1.807) is 6.07 Å². The third-order valence-electron chi connectivity index (χ3n) is 3.68. The number of hydrogen-bond acceptors (Lipinski definition) is 7. The first kappa shape index (κ1) is 20.2.